The number of amides is 3. The van der Waals surface area contributed by atoms with E-state index in [0.717, 1.165) is 11.3 Å². The summed E-state index contributed by atoms with van der Waals surface area (Å²) < 4.78 is 0. The van der Waals surface area contributed by atoms with Crippen molar-refractivity contribution in [1.29, 1.82) is 0 Å². The zero-order valence-corrected chi connectivity index (χ0v) is 15.4. The largest absolute Gasteiger partial charge is 0.378 e. The first-order valence-corrected chi connectivity index (χ1v) is 8.28. The van der Waals surface area contributed by atoms with Gasteiger partial charge in [0.2, 0.25) is 0 Å². The van der Waals surface area contributed by atoms with E-state index in [0.29, 0.717) is 11.1 Å². The SMILES string of the molecule is CNC(=O)c1ccc(/C=C/C(=O)NNC(=O)c2cccc(N(C)C)c2)cc1. The van der Waals surface area contributed by atoms with Crippen LogP contribution in [-0.4, -0.2) is 38.9 Å². The summed E-state index contributed by atoms with van der Waals surface area (Å²) in [6, 6.07) is 13.8. The van der Waals surface area contributed by atoms with E-state index in [-0.39, 0.29) is 5.91 Å². The Balaban J connectivity index is 1.90. The highest BCUT2D eigenvalue weighted by Gasteiger charge is 2.07. The molecule has 0 spiro atoms. The zero-order valence-electron chi connectivity index (χ0n) is 15.4. The van der Waals surface area contributed by atoms with Crippen molar-refractivity contribution in [1.82, 2.24) is 16.2 Å². The van der Waals surface area contributed by atoms with Crippen molar-refractivity contribution in [3.05, 3.63) is 71.3 Å². The second kappa shape index (κ2) is 9.19. The van der Waals surface area contributed by atoms with Crippen LogP contribution >= 0.6 is 0 Å². The van der Waals surface area contributed by atoms with Crippen LogP contribution in [0.1, 0.15) is 26.3 Å². The Morgan fingerprint density at radius 1 is 0.889 bits per heavy atom. The monoisotopic (exact) mass is 366 g/mol. The van der Waals surface area contributed by atoms with Crippen LogP contribution in [0.5, 0.6) is 0 Å². The van der Waals surface area contributed by atoms with Crippen LogP contribution in [0.2, 0.25) is 0 Å². The number of carbonyl (C=O) groups excluding carboxylic acids is 3. The van der Waals surface area contributed by atoms with Gasteiger partial charge in [0, 0.05) is 44.0 Å². The first kappa shape index (κ1) is 19.7. The Labute approximate surface area is 158 Å². The Morgan fingerprint density at radius 2 is 1.59 bits per heavy atom. The van der Waals surface area contributed by atoms with Crippen molar-refractivity contribution in [3.63, 3.8) is 0 Å². The average Bonchev–Trinajstić information content (AvgIpc) is 2.70. The number of carbonyl (C=O) groups is 3. The van der Waals surface area contributed by atoms with Crippen molar-refractivity contribution in [3.8, 4) is 0 Å². The van der Waals surface area contributed by atoms with Crippen molar-refractivity contribution in [2.24, 2.45) is 0 Å². The lowest BCUT2D eigenvalue weighted by Gasteiger charge is -2.13. The Hall–Kier alpha value is -3.61. The summed E-state index contributed by atoms with van der Waals surface area (Å²) >= 11 is 0. The third kappa shape index (κ3) is 5.71. The maximum atomic E-state index is 12.1. The van der Waals surface area contributed by atoms with Crippen LogP contribution in [0.15, 0.2) is 54.6 Å². The molecule has 2 aromatic rings. The molecular formula is C20H22N4O3. The minimum Gasteiger partial charge on any atom is -0.378 e. The van der Waals surface area contributed by atoms with E-state index >= 15 is 0 Å². The first-order valence-electron chi connectivity index (χ1n) is 8.28. The number of nitrogens with zero attached hydrogens (tertiary/aromatic N) is 1. The molecule has 0 bridgehead atoms. The van der Waals surface area contributed by atoms with Gasteiger partial charge in [0.25, 0.3) is 17.7 Å². The van der Waals surface area contributed by atoms with Gasteiger partial charge in [0.05, 0.1) is 0 Å². The van der Waals surface area contributed by atoms with Gasteiger partial charge in [0.1, 0.15) is 0 Å². The highest BCUT2D eigenvalue weighted by Crippen LogP contribution is 2.13. The van der Waals surface area contributed by atoms with E-state index in [1.807, 2.05) is 25.1 Å². The molecule has 7 heteroatoms. The molecule has 3 N–H and O–H groups in total. The Morgan fingerprint density at radius 3 is 2.22 bits per heavy atom. The number of nitrogens with one attached hydrogen (secondary N) is 3. The maximum absolute atomic E-state index is 12.1. The van der Waals surface area contributed by atoms with Crippen LogP contribution in [0, 0.1) is 0 Å². The Bertz CT molecular complexity index is 858. The summed E-state index contributed by atoms with van der Waals surface area (Å²) in [5.74, 6) is -1.05. The van der Waals surface area contributed by atoms with E-state index in [9.17, 15) is 14.4 Å². The van der Waals surface area contributed by atoms with Crippen LogP contribution in [0.25, 0.3) is 6.08 Å². The van der Waals surface area contributed by atoms with Gasteiger partial charge in [-0.25, -0.2) is 0 Å². The molecule has 0 saturated carbocycles. The van der Waals surface area contributed by atoms with Gasteiger partial charge in [-0.2, -0.15) is 0 Å². The van der Waals surface area contributed by atoms with Gasteiger partial charge < -0.3 is 10.2 Å². The van der Waals surface area contributed by atoms with E-state index in [2.05, 4.69) is 16.2 Å². The minimum absolute atomic E-state index is 0.177. The molecule has 0 aromatic heterocycles. The fourth-order valence-corrected chi connectivity index (χ4v) is 2.22. The van der Waals surface area contributed by atoms with Gasteiger partial charge in [-0.05, 0) is 42.0 Å². The van der Waals surface area contributed by atoms with Crippen molar-refractivity contribution < 1.29 is 14.4 Å². The molecule has 3 amide bonds. The van der Waals surface area contributed by atoms with Gasteiger partial charge in [-0.1, -0.05) is 18.2 Å². The summed E-state index contributed by atoms with van der Waals surface area (Å²) in [4.78, 5) is 37.3. The molecule has 2 rings (SSSR count). The summed E-state index contributed by atoms with van der Waals surface area (Å²) in [5, 5.41) is 2.54. The maximum Gasteiger partial charge on any atom is 0.269 e. The number of rotatable bonds is 5. The van der Waals surface area contributed by atoms with Crippen LogP contribution in [0.3, 0.4) is 0 Å². The molecule has 27 heavy (non-hydrogen) atoms. The lowest BCUT2D eigenvalue weighted by molar-refractivity contribution is -0.117. The average molecular weight is 366 g/mol. The normalized spacial score (nSPS) is 10.3. The number of hydrazine groups is 1. The second-order valence-corrected chi connectivity index (χ2v) is 5.92. The smallest absolute Gasteiger partial charge is 0.269 e. The second-order valence-electron chi connectivity index (χ2n) is 5.92. The molecule has 0 saturated heterocycles. The molecule has 0 aliphatic heterocycles. The van der Waals surface area contributed by atoms with Gasteiger partial charge in [-0.3, -0.25) is 25.2 Å². The molecule has 0 radical (unpaired) electrons. The predicted molar refractivity (Wildman–Crippen MR) is 105 cm³/mol. The molecule has 0 fully saturated rings. The standard InChI is InChI=1S/C20H22N4O3/c1-21-19(26)15-10-7-14(8-11-15)9-12-18(25)22-23-20(27)16-5-4-6-17(13-16)24(2)3/h4-13H,1-3H3,(H,21,26)(H,22,25)(H,23,27)/b12-9+. The van der Waals surface area contributed by atoms with E-state index in [1.54, 1.807) is 55.6 Å². The third-order valence-electron chi connectivity index (χ3n) is 3.75. The number of hydrogen-bond donors (Lipinski definition) is 3. The lowest BCUT2D eigenvalue weighted by atomic mass is 10.1. The van der Waals surface area contributed by atoms with Crippen LogP contribution in [0.4, 0.5) is 5.69 Å². The molecule has 0 aliphatic carbocycles. The first-order chi connectivity index (χ1) is 12.9. The summed E-state index contributed by atoms with van der Waals surface area (Å²) in [6.45, 7) is 0. The highest BCUT2D eigenvalue weighted by molar-refractivity contribution is 5.98. The van der Waals surface area contributed by atoms with Gasteiger partial charge in [-0.15, -0.1) is 0 Å². The van der Waals surface area contributed by atoms with Crippen LogP contribution < -0.4 is 21.1 Å². The third-order valence-corrected chi connectivity index (χ3v) is 3.75. The number of hydrogen-bond acceptors (Lipinski definition) is 4. The lowest BCUT2D eigenvalue weighted by Crippen LogP contribution is -2.40. The van der Waals surface area contributed by atoms with Crippen molar-refractivity contribution in [2.75, 3.05) is 26.0 Å². The number of anilines is 1. The van der Waals surface area contributed by atoms with Crippen molar-refractivity contribution in [2.45, 2.75) is 0 Å². The molecule has 140 valence electrons. The Kier molecular flexibility index (Phi) is 6.71. The van der Waals surface area contributed by atoms with E-state index in [4.69, 9.17) is 0 Å². The van der Waals surface area contributed by atoms with Crippen molar-refractivity contribution >= 4 is 29.5 Å². The summed E-state index contributed by atoms with van der Waals surface area (Å²) in [7, 11) is 5.32. The highest BCUT2D eigenvalue weighted by atomic mass is 16.2. The fraction of sp³-hybridized carbons (Fsp3) is 0.150. The zero-order chi connectivity index (χ0) is 19.8. The van der Waals surface area contributed by atoms with E-state index < -0.39 is 11.8 Å². The molecule has 7 nitrogen and oxygen atoms in total. The minimum atomic E-state index is -0.470. The molecule has 0 heterocycles. The van der Waals surface area contributed by atoms with Crippen LogP contribution in [-0.2, 0) is 4.79 Å². The summed E-state index contributed by atoms with van der Waals surface area (Å²) in [6.07, 6.45) is 2.88. The predicted octanol–water partition coefficient (Wildman–Crippen LogP) is 1.59. The quantitative estimate of drug-likeness (QED) is 0.554. The van der Waals surface area contributed by atoms with Gasteiger partial charge in [0.15, 0.2) is 0 Å². The molecular weight excluding hydrogens is 344 g/mol. The topological polar surface area (TPSA) is 90.5 Å². The number of benzene rings is 2. The van der Waals surface area contributed by atoms with E-state index in [1.165, 1.54) is 6.08 Å². The molecule has 2 aromatic carbocycles. The summed E-state index contributed by atoms with van der Waals surface area (Å²) in [5.41, 5.74) is 7.32. The molecule has 0 atom stereocenters. The van der Waals surface area contributed by atoms with Gasteiger partial charge >= 0.3 is 0 Å². The molecule has 0 aliphatic rings. The fourth-order valence-electron chi connectivity index (χ4n) is 2.22. The molecule has 0 unspecified atom stereocenters.